The first-order valence-electron chi connectivity index (χ1n) is 6.79. The van der Waals surface area contributed by atoms with Gasteiger partial charge in [0.1, 0.15) is 0 Å². The second-order valence-electron chi connectivity index (χ2n) is 5.40. The molecule has 1 aliphatic rings. The molecule has 4 heteroatoms. The summed E-state index contributed by atoms with van der Waals surface area (Å²) >= 11 is 6.07. The summed E-state index contributed by atoms with van der Waals surface area (Å²) in [5.74, 6) is 0.335. The van der Waals surface area contributed by atoms with E-state index in [-0.39, 0.29) is 11.8 Å². The lowest BCUT2D eigenvalue weighted by Gasteiger charge is -2.37. The van der Waals surface area contributed by atoms with Crippen LogP contribution in [-0.2, 0) is 4.79 Å². The third-order valence-corrected chi connectivity index (χ3v) is 3.83. The third kappa shape index (κ3) is 3.21. The van der Waals surface area contributed by atoms with E-state index in [0.29, 0.717) is 0 Å². The summed E-state index contributed by atoms with van der Waals surface area (Å²) in [6, 6.07) is 5.97. The van der Waals surface area contributed by atoms with Crippen molar-refractivity contribution >= 4 is 23.2 Å². The van der Waals surface area contributed by atoms with E-state index in [4.69, 9.17) is 11.6 Å². The minimum absolute atomic E-state index is 0.0828. The summed E-state index contributed by atoms with van der Waals surface area (Å²) in [7, 11) is 0. The molecule has 1 aromatic carbocycles. The van der Waals surface area contributed by atoms with E-state index in [1.165, 1.54) is 11.3 Å². The van der Waals surface area contributed by atoms with E-state index >= 15 is 0 Å². The highest BCUT2D eigenvalue weighted by Crippen LogP contribution is 2.25. The van der Waals surface area contributed by atoms with Crippen molar-refractivity contribution in [3.63, 3.8) is 0 Å². The standard InChI is InChI=1S/C15H21ClN2O/c1-11(2)15(19)18-8-6-17(7-9-18)14-10-13(16)5-4-12(14)3/h4-5,10-11H,6-9H2,1-3H3. The molecule has 0 radical (unpaired) electrons. The van der Waals surface area contributed by atoms with Gasteiger partial charge in [-0.05, 0) is 24.6 Å². The first-order chi connectivity index (χ1) is 8.99. The molecule has 1 heterocycles. The van der Waals surface area contributed by atoms with E-state index in [1.54, 1.807) is 0 Å². The number of carbonyl (C=O) groups excluding carboxylic acids is 1. The van der Waals surface area contributed by atoms with Gasteiger partial charge in [0.25, 0.3) is 0 Å². The third-order valence-electron chi connectivity index (χ3n) is 3.60. The van der Waals surface area contributed by atoms with Crippen LogP contribution >= 0.6 is 11.6 Å². The Hall–Kier alpha value is -1.22. The van der Waals surface area contributed by atoms with Gasteiger partial charge in [-0.3, -0.25) is 4.79 Å². The molecule has 0 unspecified atom stereocenters. The van der Waals surface area contributed by atoms with Gasteiger partial charge in [-0.1, -0.05) is 31.5 Å². The highest BCUT2D eigenvalue weighted by atomic mass is 35.5. The van der Waals surface area contributed by atoms with Crippen molar-refractivity contribution in [1.29, 1.82) is 0 Å². The molecule has 1 saturated heterocycles. The quantitative estimate of drug-likeness (QED) is 0.832. The van der Waals surface area contributed by atoms with Crippen LogP contribution in [-0.4, -0.2) is 37.0 Å². The average Bonchev–Trinajstić information content (AvgIpc) is 2.41. The van der Waals surface area contributed by atoms with Crippen LogP contribution < -0.4 is 4.90 Å². The van der Waals surface area contributed by atoms with Crippen molar-refractivity contribution in [1.82, 2.24) is 4.90 Å². The van der Waals surface area contributed by atoms with E-state index in [9.17, 15) is 4.79 Å². The van der Waals surface area contributed by atoms with Crippen LogP contribution in [0.1, 0.15) is 19.4 Å². The van der Waals surface area contributed by atoms with Gasteiger partial charge in [-0.25, -0.2) is 0 Å². The normalized spacial score (nSPS) is 16.1. The number of rotatable bonds is 2. The van der Waals surface area contributed by atoms with Gasteiger partial charge in [0.05, 0.1) is 0 Å². The summed E-state index contributed by atoms with van der Waals surface area (Å²) in [5, 5.41) is 0.765. The SMILES string of the molecule is Cc1ccc(Cl)cc1N1CCN(C(=O)C(C)C)CC1. The predicted molar refractivity (Wildman–Crippen MR) is 79.8 cm³/mol. The number of amides is 1. The van der Waals surface area contributed by atoms with Crippen LogP contribution in [0, 0.1) is 12.8 Å². The minimum Gasteiger partial charge on any atom is -0.368 e. The lowest BCUT2D eigenvalue weighted by atomic mass is 10.1. The van der Waals surface area contributed by atoms with Gasteiger partial charge >= 0.3 is 0 Å². The molecular weight excluding hydrogens is 260 g/mol. The number of hydrogen-bond acceptors (Lipinski definition) is 2. The summed E-state index contributed by atoms with van der Waals surface area (Å²) in [6.07, 6.45) is 0. The van der Waals surface area contributed by atoms with Crippen LogP contribution in [0.25, 0.3) is 0 Å². The van der Waals surface area contributed by atoms with Crippen molar-refractivity contribution in [3.05, 3.63) is 28.8 Å². The van der Waals surface area contributed by atoms with Gasteiger partial charge in [-0.15, -0.1) is 0 Å². The van der Waals surface area contributed by atoms with Crippen molar-refractivity contribution in [2.75, 3.05) is 31.1 Å². The monoisotopic (exact) mass is 280 g/mol. The Morgan fingerprint density at radius 2 is 1.84 bits per heavy atom. The fourth-order valence-corrected chi connectivity index (χ4v) is 2.62. The molecule has 1 aliphatic heterocycles. The molecule has 0 saturated carbocycles. The van der Waals surface area contributed by atoms with Crippen molar-refractivity contribution in [2.45, 2.75) is 20.8 Å². The minimum atomic E-state index is 0.0828. The number of aryl methyl sites for hydroxylation is 1. The molecule has 1 fully saturated rings. The maximum Gasteiger partial charge on any atom is 0.225 e. The zero-order valence-corrected chi connectivity index (χ0v) is 12.6. The molecule has 104 valence electrons. The Kier molecular flexibility index (Phi) is 4.35. The van der Waals surface area contributed by atoms with Crippen molar-refractivity contribution in [3.8, 4) is 0 Å². The number of hydrogen-bond donors (Lipinski definition) is 0. The molecule has 19 heavy (non-hydrogen) atoms. The molecule has 0 N–H and O–H groups in total. The predicted octanol–water partition coefficient (Wildman–Crippen LogP) is 2.95. The number of piperazine rings is 1. The van der Waals surface area contributed by atoms with E-state index in [1.807, 2.05) is 36.9 Å². The van der Waals surface area contributed by atoms with Crippen molar-refractivity contribution < 1.29 is 4.79 Å². The lowest BCUT2D eigenvalue weighted by molar-refractivity contribution is -0.134. The Morgan fingerprint density at radius 3 is 2.42 bits per heavy atom. The maximum absolute atomic E-state index is 11.9. The molecule has 2 rings (SSSR count). The number of nitrogens with zero attached hydrogens (tertiary/aromatic N) is 2. The fourth-order valence-electron chi connectivity index (χ4n) is 2.46. The molecule has 0 bridgehead atoms. The fraction of sp³-hybridized carbons (Fsp3) is 0.533. The summed E-state index contributed by atoms with van der Waals surface area (Å²) in [6.45, 7) is 9.34. The second kappa shape index (κ2) is 5.83. The van der Waals surface area contributed by atoms with Gasteiger partial charge < -0.3 is 9.80 Å². The molecule has 0 atom stereocenters. The number of carbonyl (C=O) groups is 1. The maximum atomic E-state index is 11.9. The largest absolute Gasteiger partial charge is 0.368 e. The Labute approximate surface area is 120 Å². The summed E-state index contributed by atoms with van der Waals surface area (Å²) < 4.78 is 0. The molecule has 3 nitrogen and oxygen atoms in total. The first kappa shape index (κ1) is 14.2. The highest BCUT2D eigenvalue weighted by Gasteiger charge is 2.23. The van der Waals surface area contributed by atoms with Crippen LogP contribution in [0.5, 0.6) is 0 Å². The van der Waals surface area contributed by atoms with Crippen LogP contribution in [0.4, 0.5) is 5.69 Å². The molecule has 0 aliphatic carbocycles. The smallest absolute Gasteiger partial charge is 0.225 e. The Bertz CT molecular complexity index is 465. The van der Waals surface area contributed by atoms with E-state index in [0.717, 1.165) is 31.2 Å². The lowest BCUT2D eigenvalue weighted by Crippen LogP contribution is -2.50. The first-order valence-corrected chi connectivity index (χ1v) is 7.16. The van der Waals surface area contributed by atoms with Gasteiger partial charge in [-0.2, -0.15) is 0 Å². The molecular formula is C15H21ClN2O. The second-order valence-corrected chi connectivity index (χ2v) is 5.83. The number of halogens is 1. The van der Waals surface area contributed by atoms with Gasteiger partial charge in [0.2, 0.25) is 5.91 Å². The van der Waals surface area contributed by atoms with Gasteiger partial charge in [0.15, 0.2) is 0 Å². The number of anilines is 1. The molecule has 0 spiro atoms. The van der Waals surface area contributed by atoms with E-state index < -0.39 is 0 Å². The van der Waals surface area contributed by atoms with Crippen molar-refractivity contribution in [2.24, 2.45) is 5.92 Å². The molecule has 0 aromatic heterocycles. The number of benzene rings is 1. The van der Waals surface area contributed by atoms with Crippen LogP contribution in [0.15, 0.2) is 18.2 Å². The summed E-state index contributed by atoms with van der Waals surface area (Å²) in [5.41, 5.74) is 2.41. The van der Waals surface area contributed by atoms with Gasteiger partial charge in [0, 0.05) is 42.8 Å². The Balaban J connectivity index is 2.04. The summed E-state index contributed by atoms with van der Waals surface area (Å²) in [4.78, 5) is 16.2. The zero-order valence-electron chi connectivity index (χ0n) is 11.8. The average molecular weight is 281 g/mol. The van der Waals surface area contributed by atoms with Crippen LogP contribution in [0.2, 0.25) is 5.02 Å². The highest BCUT2D eigenvalue weighted by molar-refractivity contribution is 6.30. The zero-order chi connectivity index (χ0) is 14.0. The van der Waals surface area contributed by atoms with Crippen LogP contribution in [0.3, 0.4) is 0 Å². The van der Waals surface area contributed by atoms with E-state index in [2.05, 4.69) is 11.8 Å². The molecule has 1 amide bonds. The topological polar surface area (TPSA) is 23.6 Å². The molecule has 1 aromatic rings. The Morgan fingerprint density at radius 1 is 1.21 bits per heavy atom.